The van der Waals surface area contributed by atoms with Gasteiger partial charge in [0.05, 0.1) is 20.8 Å². The number of benzene rings is 1. The SMILES string of the molecule is CSc1c(Cl)ccc2c(=O)c3ccc(NCC4CC(F)(F)C4)nc3n(CC(=O)O)c12. The molecule has 2 aromatic heterocycles. The Bertz CT molecular complexity index is 1220. The van der Waals surface area contributed by atoms with E-state index in [0.717, 1.165) is 0 Å². The van der Waals surface area contributed by atoms with Crippen LogP contribution in [0.4, 0.5) is 14.6 Å². The average Bonchev–Trinajstić information content (AvgIpc) is 2.67. The molecule has 0 unspecified atom stereocenters. The number of thioether (sulfide) groups is 1. The molecule has 1 aromatic carbocycles. The molecule has 1 fully saturated rings. The van der Waals surface area contributed by atoms with E-state index in [0.29, 0.717) is 33.2 Å². The molecule has 1 saturated carbocycles. The van der Waals surface area contributed by atoms with Gasteiger partial charge in [0.15, 0.2) is 5.43 Å². The first-order chi connectivity index (χ1) is 14.2. The number of carbonyl (C=O) groups is 1. The Morgan fingerprint density at radius 1 is 1.33 bits per heavy atom. The van der Waals surface area contributed by atoms with Crippen LogP contribution in [0.15, 0.2) is 34.0 Å². The van der Waals surface area contributed by atoms with Crippen molar-refractivity contribution in [3.8, 4) is 0 Å². The molecule has 1 aliphatic rings. The summed E-state index contributed by atoms with van der Waals surface area (Å²) in [6.45, 7) is -0.0841. The minimum Gasteiger partial charge on any atom is -0.480 e. The van der Waals surface area contributed by atoms with Gasteiger partial charge in [-0.25, -0.2) is 13.8 Å². The quantitative estimate of drug-likeness (QED) is 0.423. The van der Waals surface area contributed by atoms with E-state index in [2.05, 4.69) is 10.3 Å². The van der Waals surface area contributed by atoms with Gasteiger partial charge in [0.2, 0.25) is 5.92 Å². The van der Waals surface area contributed by atoms with Crippen LogP contribution in [-0.2, 0) is 11.3 Å². The topological polar surface area (TPSA) is 84.2 Å². The lowest BCUT2D eigenvalue weighted by atomic mass is 9.81. The molecule has 0 amide bonds. The van der Waals surface area contributed by atoms with Crippen LogP contribution in [0, 0.1) is 5.92 Å². The standard InChI is InChI=1S/C20H18ClF2N3O3S/c1-30-18-13(21)4-2-11-16(18)26(9-15(27)28)19-12(17(11)29)3-5-14(25-19)24-8-10-6-20(22,23)7-10/h2-5,10H,6-9H2,1H3,(H,24,25)(H,27,28). The van der Waals surface area contributed by atoms with E-state index in [-0.39, 0.29) is 35.2 Å². The molecule has 0 atom stereocenters. The zero-order valence-corrected chi connectivity index (χ0v) is 17.5. The van der Waals surface area contributed by atoms with E-state index in [1.54, 1.807) is 30.5 Å². The van der Waals surface area contributed by atoms with Crippen LogP contribution in [0.2, 0.25) is 5.02 Å². The summed E-state index contributed by atoms with van der Waals surface area (Å²) in [7, 11) is 0. The first kappa shape index (κ1) is 20.9. The summed E-state index contributed by atoms with van der Waals surface area (Å²) in [6.07, 6.45) is 1.45. The van der Waals surface area contributed by atoms with Crippen molar-refractivity contribution in [2.24, 2.45) is 5.92 Å². The van der Waals surface area contributed by atoms with Crippen molar-refractivity contribution in [3.63, 3.8) is 0 Å². The number of nitrogens with zero attached hydrogens (tertiary/aromatic N) is 2. The van der Waals surface area contributed by atoms with Gasteiger partial charge in [-0.05, 0) is 36.4 Å². The second-order valence-corrected chi connectivity index (χ2v) is 8.59. The van der Waals surface area contributed by atoms with Gasteiger partial charge >= 0.3 is 5.97 Å². The van der Waals surface area contributed by atoms with Crippen molar-refractivity contribution in [1.29, 1.82) is 0 Å². The first-order valence-corrected chi connectivity index (χ1v) is 10.8. The highest BCUT2D eigenvalue weighted by molar-refractivity contribution is 7.99. The Hall–Kier alpha value is -2.39. The van der Waals surface area contributed by atoms with Crippen molar-refractivity contribution < 1.29 is 18.7 Å². The van der Waals surface area contributed by atoms with E-state index in [9.17, 15) is 23.5 Å². The van der Waals surface area contributed by atoms with Gasteiger partial charge in [0, 0.05) is 24.8 Å². The maximum atomic E-state index is 13.1. The summed E-state index contributed by atoms with van der Waals surface area (Å²) >= 11 is 7.61. The van der Waals surface area contributed by atoms with E-state index >= 15 is 0 Å². The molecule has 0 saturated heterocycles. The molecule has 6 nitrogen and oxygen atoms in total. The predicted octanol–water partition coefficient (Wildman–Crippen LogP) is 4.47. The third kappa shape index (κ3) is 3.72. The number of anilines is 1. The van der Waals surface area contributed by atoms with Gasteiger partial charge in [-0.3, -0.25) is 9.59 Å². The minimum atomic E-state index is -2.60. The van der Waals surface area contributed by atoms with Crippen LogP contribution < -0.4 is 10.7 Å². The van der Waals surface area contributed by atoms with E-state index in [4.69, 9.17) is 11.6 Å². The number of fused-ring (bicyclic) bond motifs is 2. The van der Waals surface area contributed by atoms with Crippen molar-refractivity contribution in [1.82, 2.24) is 9.55 Å². The van der Waals surface area contributed by atoms with E-state index < -0.39 is 18.4 Å². The summed E-state index contributed by atoms with van der Waals surface area (Å²) in [5.41, 5.74) is 0.348. The smallest absolute Gasteiger partial charge is 0.323 e. The number of aliphatic carboxylic acids is 1. The summed E-state index contributed by atoms with van der Waals surface area (Å²) in [6, 6.07) is 6.38. The number of rotatable bonds is 6. The van der Waals surface area contributed by atoms with Crippen molar-refractivity contribution >= 4 is 57.1 Å². The fraction of sp³-hybridized carbons (Fsp3) is 0.350. The molecular weight excluding hydrogens is 436 g/mol. The third-order valence-electron chi connectivity index (χ3n) is 5.22. The summed E-state index contributed by atoms with van der Waals surface area (Å²) in [5, 5.41) is 13.5. The number of hydrogen-bond donors (Lipinski definition) is 2. The number of pyridine rings is 2. The minimum absolute atomic E-state index is 0.155. The van der Waals surface area contributed by atoms with Crippen molar-refractivity contribution in [2.45, 2.75) is 30.2 Å². The van der Waals surface area contributed by atoms with Crippen molar-refractivity contribution in [3.05, 3.63) is 39.5 Å². The number of aromatic nitrogens is 2. The molecule has 0 radical (unpaired) electrons. The number of halogens is 3. The molecule has 2 heterocycles. The second-order valence-electron chi connectivity index (χ2n) is 7.36. The molecule has 0 aliphatic heterocycles. The maximum absolute atomic E-state index is 13.1. The largest absolute Gasteiger partial charge is 0.480 e. The van der Waals surface area contributed by atoms with Gasteiger partial charge in [-0.1, -0.05) is 11.6 Å². The fourth-order valence-corrected chi connectivity index (χ4v) is 4.90. The molecule has 2 N–H and O–H groups in total. The van der Waals surface area contributed by atoms with Gasteiger partial charge < -0.3 is 15.0 Å². The molecule has 3 aromatic rings. The lowest BCUT2D eigenvalue weighted by Crippen LogP contribution is -2.39. The molecule has 1 aliphatic carbocycles. The summed E-state index contributed by atoms with van der Waals surface area (Å²) in [4.78, 5) is 29.7. The van der Waals surface area contributed by atoms with Gasteiger partial charge in [0.1, 0.15) is 18.0 Å². The Balaban J connectivity index is 1.86. The van der Waals surface area contributed by atoms with Crippen molar-refractivity contribution in [2.75, 3.05) is 18.1 Å². The molecule has 0 spiro atoms. The Kier molecular flexibility index (Phi) is 5.36. The highest BCUT2D eigenvalue weighted by atomic mass is 35.5. The summed E-state index contributed by atoms with van der Waals surface area (Å²) < 4.78 is 27.6. The Morgan fingerprint density at radius 2 is 2.03 bits per heavy atom. The second kappa shape index (κ2) is 7.70. The molecular formula is C20H18ClF2N3O3S. The van der Waals surface area contributed by atoms with Gasteiger partial charge in [-0.15, -0.1) is 11.8 Å². The lowest BCUT2D eigenvalue weighted by Gasteiger charge is -2.35. The number of alkyl halides is 2. The third-order valence-corrected chi connectivity index (χ3v) is 6.47. The van der Waals surface area contributed by atoms with Crippen LogP contribution in [0.3, 0.4) is 0 Å². The summed E-state index contributed by atoms with van der Waals surface area (Å²) in [5.74, 6) is -3.46. The highest BCUT2D eigenvalue weighted by Gasteiger charge is 2.44. The zero-order chi connectivity index (χ0) is 21.6. The molecule has 10 heteroatoms. The van der Waals surface area contributed by atoms with E-state index in [1.807, 2.05) is 0 Å². The van der Waals surface area contributed by atoms with Crippen LogP contribution >= 0.6 is 23.4 Å². The van der Waals surface area contributed by atoms with Crippen LogP contribution in [0.25, 0.3) is 21.9 Å². The number of nitrogens with one attached hydrogen (secondary N) is 1. The molecule has 30 heavy (non-hydrogen) atoms. The number of carboxylic acid groups (broad SMARTS) is 1. The Labute approximate surface area is 179 Å². The average molecular weight is 454 g/mol. The highest BCUT2D eigenvalue weighted by Crippen LogP contribution is 2.42. The number of hydrogen-bond acceptors (Lipinski definition) is 5. The number of carboxylic acids is 1. The lowest BCUT2D eigenvalue weighted by molar-refractivity contribution is -0.137. The van der Waals surface area contributed by atoms with Crippen LogP contribution in [-0.4, -0.2) is 39.3 Å². The Morgan fingerprint density at radius 3 is 2.67 bits per heavy atom. The molecule has 4 rings (SSSR count). The monoisotopic (exact) mass is 453 g/mol. The maximum Gasteiger partial charge on any atom is 0.323 e. The first-order valence-electron chi connectivity index (χ1n) is 9.23. The zero-order valence-electron chi connectivity index (χ0n) is 15.9. The molecule has 158 valence electrons. The molecule has 0 bridgehead atoms. The van der Waals surface area contributed by atoms with E-state index in [1.165, 1.54) is 16.3 Å². The van der Waals surface area contributed by atoms with Crippen LogP contribution in [0.1, 0.15) is 12.8 Å². The van der Waals surface area contributed by atoms with Crippen LogP contribution in [0.5, 0.6) is 0 Å². The predicted molar refractivity (Wildman–Crippen MR) is 114 cm³/mol. The normalized spacial score (nSPS) is 16.0. The fourth-order valence-electron chi connectivity index (χ4n) is 3.84. The van der Waals surface area contributed by atoms with Gasteiger partial charge in [0.25, 0.3) is 0 Å². The van der Waals surface area contributed by atoms with Gasteiger partial charge in [-0.2, -0.15) is 0 Å².